The van der Waals surface area contributed by atoms with E-state index in [9.17, 15) is 22.8 Å². The molecule has 1 unspecified atom stereocenters. The number of imidazole rings is 1. The van der Waals surface area contributed by atoms with E-state index in [0.29, 0.717) is 66.3 Å². The maximum atomic E-state index is 13.9. The number of ether oxygens (including phenoxy) is 1. The molecule has 0 radical (unpaired) electrons. The van der Waals surface area contributed by atoms with Crippen LogP contribution in [0.25, 0.3) is 16.8 Å². The van der Waals surface area contributed by atoms with Crippen LogP contribution >= 0.6 is 0 Å². The summed E-state index contributed by atoms with van der Waals surface area (Å²) in [4.78, 5) is 45.4. The first-order valence-electron chi connectivity index (χ1n) is 15.6. The van der Waals surface area contributed by atoms with E-state index in [1.807, 2.05) is 49.4 Å². The zero-order valence-electron chi connectivity index (χ0n) is 27.6. The number of alkyl halides is 3. The first-order chi connectivity index (χ1) is 22.3. The quantitative estimate of drug-likeness (QED) is 0.341. The number of hydrogen-bond donors (Lipinski definition) is 1. The fourth-order valence-electron chi connectivity index (χ4n) is 6.45. The minimum Gasteiger partial charge on any atom is -0.500 e. The molecule has 3 aromatic heterocycles. The molecule has 0 bridgehead atoms. The fraction of sp³-hybridized carbons (Fsp3) is 0.485. The minimum atomic E-state index is -4.25. The van der Waals surface area contributed by atoms with Crippen molar-refractivity contribution in [3.63, 3.8) is 0 Å². The number of amides is 2. The van der Waals surface area contributed by atoms with E-state index in [0.717, 1.165) is 17.2 Å². The summed E-state index contributed by atoms with van der Waals surface area (Å²) in [6.07, 6.45) is 1.94. The Morgan fingerprint density at radius 2 is 1.87 bits per heavy atom. The molecule has 5 heterocycles. The van der Waals surface area contributed by atoms with Crippen LogP contribution in [0.1, 0.15) is 42.6 Å². The number of aromatic nitrogens is 3. The summed E-state index contributed by atoms with van der Waals surface area (Å²) in [5.41, 5.74) is 3.77. The number of hydrogen-bond acceptors (Lipinski definition) is 8. The highest BCUT2D eigenvalue weighted by Gasteiger charge is 2.35. The average Bonchev–Trinajstić information content (AvgIpc) is 3.45. The predicted molar refractivity (Wildman–Crippen MR) is 175 cm³/mol. The molecule has 1 atom stereocenters. The van der Waals surface area contributed by atoms with Crippen LogP contribution in [-0.4, -0.2) is 103 Å². The van der Waals surface area contributed by atoms with Crippen molar-refractivity contribution < 1.29 is 27.5 Å². The van der Waals surface area contributed by atoms with Gasteiger partial charge < -0.3 is 19.9 Å². The summed E-state index contributed by atoms with van der Waals surface area (Å²) in [6.45, 7) is 5.83. The minimum absolute atomic E-state index is 0.00804. The Morgan fingerprint density at radius 1 is 1.15 bits per heavy atom. The highest BCUT2D eigenvalue weighted by molar-refractivity contribution is 6.06. The number of carbonyl (C=O) groups excluding carboxylic acids is 2. The van der Waals surface area contributed by atoms with E-state index in [1.165, 1.54) is 12.0 Å². The van der Waals surface area contributed by atoms with E-state index >= 15 is 0 Å². The van der Waals surface area contributed by atoms with Gasteiger partial charge in [0.05, 0.1) is 24.9 Å². The van der Waals surface area contributed by atoms with Gasteiger partial charge in [-0.3, -0.25) is 18.9 Å². The molecule has 14 heteroatoms. The number of anilines is 2. The number of likely N-dealkylation sites (tertiary alicyclic amines) is 1. The van der Waals surface area contributed by atoms with Crippen molar-refractivity contribution in [1.82, 2.24) is 24.6 Å². The van der Waals surface area contributed by atoms with Crippen molar-refractivity contribution >= 4 is 34.7 Å². The van der Waals surface area contributed by atoms with Gasteiger partial charge in [0.15, 0.2) is 0 Å². The Hall–Kier alpha value is -4.46. The van der Waals surface area contributed by atoms with Crippen LogP contribution in [0.3, 0.4) is 0 Å². The maximum Gasteiger partial charge on any atom is 0.401 e. The number of nitrogens with zero attached hydrogens (tertiary/aromatic N) is 7. The Labute approximate surface area is 272 Å². The van der Waals surface area contributed by atoms with Crippen molar-refractivity contribution in [2.45, 2.75) is 45.8 Å². The maximum absolute atomic E-state index is 13.9. The van der Waals surface area contributed by atoms with Gasteiger partial charge in [-0.1, -0.05) is 0 Å². The van der Waals surface area contributed by atoms with Crippen LogP contribution in [0.5, 0.6) is 0 Å². The highest BCUT2D eigenvalue weighted by Crippen LogP contribution is 2.35. The molecule has 3 aromatic rings. The van der Waals surface area contributed by atoms with Gasteiger partial charge in [-0.05, 0) is 57.9 Å². The summed E-state index contributed by atoms with van der Waals surface area (Å²) in [5.74, 6) is 0.390. The third-order valence-corrected chi connectivity index (χ3v) is 8.77. The number of dihydropyridines is 1. The van der Waals surface area contributed by atoms with Gasteiger partial charge in [-0.25, -0.2) is 15.0 Å². The third-order valence-electron chi connectivity index (χ3n) is 8.77. The molecule has 2 aliphatic rings. The normalized spacial score (nSPS) is 17.8. The van der Waals surface area contributed by atoms with Crippen LogP contribution in [-0.2, 0) is 9.53 Å². The molecule has 0 aliphatic carbocycles. The topological polar surface area (TPSA) is 108 Å². The molecule has 252 valence electrons. The number of aliphatic imine (C=N–C) groups is 1. The van der Waals surface area contributed by atoms with E-state index in [2.05, 4.69) is 20.2 Å². The van der Waals surface area contributed by atoms with Gasteiger partial charge >= 0.3 is 6.18 Å². The molecule has 1 N–H and O–H groups in total. The van der Waals surface area contributed by atoms with Gasteiger partial charge in [0.2, 0.25) is 0 Å². The lowest BCUT2D eigenvalue weighted by atomic mass is 10.00. The smallest absolute Gasteiger partial charge is 0.401 e. The summed E-state index contributed by atoms with van der Waals surface area (Å²) < 4.78 is 46.7. The fourth-order valence-corrected chi connectivity index (χ4v) is 6.45. The monoisotopic (exact) mass is 654 g/mol. The molecule has 2 amide bonds. The molecule has 0 aromatic carbocycles. The largest absolute Gasteiger partial charge is 0.500 e. The zero-order chi connectivity index (χ0) is 34.0. The van der Waals surface area contributed by atoms with Crippen molar-refractivity contribution in [3.05, 3.63) is 53.7 Å². The number of rotatable bonds is 10. The Balaban J connectivity index is 1.55. The lowest BCUT2D eigenvalue weighted by Gasteiger charge is -2.40. The number of halogens is 3. The SMILES string of the molecule is CCN(c1c(C)c(C(=O)NCC2C(=O)N=C(C)C=C2OC)cc2c(-c3ccnc(N(C)C)c3)ncn12)C1CCN(CC(F)(F)F)CC1. The van der Waals surface area contributed by atoms with E-state index in [1.54, 1.807) is 31.6 Å². The summed E-state index contributed by atoms with van der Waals surface area (Å²) >= 11 is 0. The molecule has 0 spiro atoms. The average molecular weight is 655 g/mol. The zero-order valence-corrected chi connectivity index (χ0v) is 27.6. The second-order valence-electron chi connectivity index (χ2n) is 12.2. The molecule has 11 nitrogen and oxygen atoms in total. The number of fused-ring (bicyclic) bond motifs is 1. The Morgan fingerprint density at radius 3 is 2.51 bits per heavy atom. The molecule has 1 fully saturated rings. The molecular formula is C33H41F3N8O3. The highest BCUT2D eigenvalue weighted by atomic mass is 19.4. The Bertz CT molecular complexity index is 1710. The van der Waals surface area contributed by atoms with Crippen LogP contribution in [0, 0.1) is 12.8 Å². The lowest BCUT2D eigenvalue weighted by Crippen LogP contribution is -2.48. The predicted octanol–water partition coefficient (Wildman–Crippen LogP) is 4.50. The van der Waals surface area contributed by atoms with Gasteiger partial charge in [-0.15, -0.1) is 0 Å². The number of allylic oxidation sites excluding steroid dienone is 1. The van der Waals surface area contributed by atoms with Crippen LogP contribution in [0.15, 0.2) is 47.6 Å². The second kappa shape index (κ2) is 13.7. The van der Waals surface area contributed by atoms with Crippen LogP contribution in [0.2, 0.25) is 0 Å². The number of methoxy groups -OCH3 is 1. The van der Waals surface area contributed by atoms with E-state index in [4.69, 9.17) is 9.72 Å². The second-order valence-corrected chi connectivity index (χ2v) is 12.2. The molecule has 2 aliphatic heterocycles. The summed E-state index contributed by atoms with van der Waals surface area (Å²) in [7, 11) is 5.27. The van der Waals surface area contributed by atoms with Gasteiger partial charge in [0, 0.05) is 74.9 Å². The molecule has 47 heavy (non-hydrogen) atoms. The van der Waals surface area contributed by atoms with Gasteiger partial charge in [-0.2, -0.15) is 13.2 Å². The number of nitrogens with one attached hydrogen (secondary N) is 1. The standard InChI is InChI=1S/C33H41F3N8O3/c1-7-43(23-9-12-42(13-10-23)18-33(34,35)36)32-21(3)24(30(45)38-17-25-27(47-6)14-20(2)40-31(25)46)16-26-29(39-19-44(26)32)22-8-11-37-28(15-22)41(4)5/h8,11,14-16,19,23,25H,7,9-10,12-13,17-18H2,1-6H3,(H,38,45). The van der Waals surface area contributed by atoms with Crippen molar-refractivity contribution in [3.8, 4) is 11.3 Å². The van der Waals surface area contributed by atoms with Crippen LogP contribution in [0.4, 0.5) is 24.8 Å². The molecular weight excluding hydrogens is 613 g/mol. The third kappa shape index (κ3) is 7.27. The van der Waals surface area contributed by atoms with Crippen LogP contribution < -0.4 is 15.1 Å². The molecule has 5 rings (SSSR count). The molecule has 0 saturated carbocycles. The first-order valence-corrected chi connectivity index (χ1v) is 15.6. The van der Waals surface area contributed by atoms with Crippen molar-refractivity contribution in [1.29, 1.82) is 0 Å². The van der Waals surface area contributed by atoms with Crippen molar-refractivity contribution in [2.24, 2.45) is 10.9 Å². The van der Waals surface area contributed by atoms with E-state index in [-0.39, 0.29) is 18.5 Å². The number of carbonyl (C=O) groups is 2. The number of pyridine rings is 2. The summed E-state index contributed by atoms with van der Waals surface area (Å²) in [6, 6.07) is 5.53. The Kier molecular flexibility index (Phi) is 9.89. The first kappa shape index (κ1) is 33.9. The van der Waals surface area contributed by atoms with Gasteiger partial charge in [0.25, 0.3) is 11.8 Å². The molecule has 1 saturated heterocycles. The van der Waals surface area contributed by atoms with E-state index < -0.39 is 24.5 Å². The van der Waals surface area contributed by atoms with Crippen molar-refractivity contribution in [2.75, 3.05) is 63.7 Å². The summed E-state index contributed by atoms with van der Waals surface area (Å²) in [5, 5.41) is 2.92. The van der Waals surface area contributed by atoms with Gasteiger partial charge in [0.1, 0.15) is 29.6 Å². The lowest BCUT2D eigenvalue weighted by molar-refractivity contribution is -0.147. The number of piperidine rings is 1.